The zero-order valence-corrected chi connectivity index (χ0v) is 9.83. The van der Waals surface area contributed by atoms with E-state index in [1.807, 2.05) is 0 Å². The summed E-state index contributed by atoms with van der Waals surface area (Å²) in [5.41, 5.74) is 0. The van der Waals surface area contributed by atoms with Gasteiger partial charge in [0, 0.05) is 31.2 Å². The summed E-state index contributed by atoms with van der Waals surface area (Å²) in [5.74, 6) is 0. The Morgan fingerprint density at radius 2 is 2.25 bits per heavy atom. The lowest BCUT2D eigenvalue weighted by molar-refractivity contribution is -0.262. The van der Waals surface area contributed by atoms with Crippen LogP contribution in [0.5, 0.6) is 0 Å². The van der Waals surface area contributed by atoms with Gasteiger partial charge in [-0.3, -0.25) is 0 Å². The molecule has 1 aliphatic rings. The zero-order valence-electron chi connectivity index (χ0n) is 8.20. The minimum absolute atomic E-state index is 0. The van der Waals surface area contributed by atoms with E-state index < -0.39 is 12.3 Å². The van der Waals surface area contributed by atoms with E-state index in [0.29, 0.717) is 23.0 Å². The number of nitrogens with one attached hydrogen (secondary N) is 1. The van der Waals surface area contributed by atoms with Gasteiger partial charge in [0.1, 0.15) is 5.01 Å². The molecule has 1 saturated heterocycles. The Bertz CT molecular complexity index is 317. The summed E-state index contributed by atoms with van der Waals surface area (Å²) in [7, 11) is 0. The summed E-state index contributed by atoms with van der Waals surface area (Å²) < 4.78 is 38.0. The van der Waals surface area contributed by atoms with E-state index >= 15 is 0 Å². The van der Waals surface area contributed by atoms with Gasteiger partial charge in [0.2, 0.25) is 0 Å². The van der Waals surface area contributed by atoms with Gasteiger partial charge in [-0.2, -0.15) is 13.2 Å². The van der Waals surface area contributed by atoms with Crippen LogP contribution in [0.4, 0.5) is 13.2 Å². The van der Waals surface area contributed by atoms with Crippen LogP contribution in [0.2, 0.25) is 0 Å². The van der Waals surface area contributed by atoms with E-state index in [2.05, 4.69) is 10.3 Å². The van der Waals surface area contributed by atoms with Gasteiger partial charge in [-0.25, -0.2) is 9.88 Å². The maximum Gasteiger partial charge on any atom is 0.460 e. The Balaban J connectivity index is 0.00000128. The summed E-state index contributed by atoms with van der Waals surface area (Å²) in [4.78, 5) is 4.48. The standard InChI is InChI=1S/C8H10F3N3S.ClH/c9-8(10,11)14-3-1-12-5-6(14)7-13-2-4-15-7;/h2,4,6,12H,1,3,5H2;1H. The molecule has 1 atom stereocenters. The molecule has 1 N–H and O–H groups in total. The van der Waals surface area contributed by atoms with Crippen LogP contribution in [0, 0.1) is 0 Å². The zero-order chi connectivity index (χ0) is 10.9. The maximum atomic E-state index is 12.7. The normalized spacial score (nSPS) is 22.8. The van der Waals surface area contributed by atoms with Crippen molar-refractivity contribution in [3.8, 4) is 0 Å². The molecule has 16 heavy (non-hydrogen) atoms. The number of hydrogen-bond donors (Lipinski definition) is 1. The molecule has 0 aliphatic carbocycles. The third-order valence-electron chi connectivity index (χ3n) is 2.31. The SMILES string of the molecule is Cl.FC(F)(F)N1CCNCC1c1nccs1. The van der Waals surface area contributed by atoms with Crippen molar-refractivity contribution in [1.29, 1.82) is 0 Å². The molecule has 1 fully saturated rings. The molecule has 0 saturated carbocycles. The van der Waals surface area contributed by atoms with Gasteiger partial charge >= 0.3 is 6.30 Å². The lowest BCUT2D eigenvalue weighted by Crippen LogP contribution is -2.52. The van der Waals surface area contributed by atoms with Crippen molar-refractivity contribution in [2.75, 3.05) is 19.6 Å². The second-order valence-electron chi connectivity index (χ2n) is 3.25. The average Bonchev–Trinajstić information content (AvgIpc) is 2.69. The largest absolute Gasteiger partial charge is 0.460 e. The van der Waals surface area contributed by atoms with E-state index in [1.54, 1.807) is 5.38 Å². The van der Waals surface area contributed by atoms with Gasteiger partial charge in [0.15, 0.2) is 0 Å². The Hall–Kier alpha value is -0.370. The third kappa shape index (κ3) is 2.85. The van der Waals surface area contributed by atoms with Crippen LogP contribution in [0.3, 0.4) is 0 Å². The quantitative estimate of drug-likeness (QED) is 0.794. The Morgan fingerprint density at radius 3 is 2.81 bits per heavy atom. The van der Waals surface area contributed by atoms with Crippen LogP contribution in [-0.2, 0) is 0 Å². The minimum atomic E-state index is -4.28. The number of nitrogens with zero attached hydrogens (tertiary/aromatic N) is 2. The summed E-state index contributed by atoms with van der Waals surface area (Å²) in [6.45, 7) is 0.641. The van der Waals surface area contributed by atoms with Crippen molar-refractivity contribution in [2.24, 2.45) is 0 Å². The smallest absolute Gasteiger partial charge is 0.313 e. The van der Waals surface area contributed by atoms with Crippen LogP contribution in [0.1, 0.15) is 11.0 Å². The molecule has 1 aliphatic heterocycles. The number of hydrogen-bond acceptors (Lipinski definition) is 4. The summed E-state index contributed by atoms with van der Waals surface area (Å²) in [5, 5.41) is 5.16. The van der Waals surface area contributed by atoms with Crippen molar-refractivity contribution >= 4 is 23.7 Å². The van der Waals surface area contributed by atoms with E-state index in [0.717, 1.165) is 0 Å². The number of aromatic nitrogens is 1. The molecule has 0 aromatic carbocycles. The summed E-state index contributed by atoms with van der Waals surface area (Å²) in [6.07, 6.45) is -2.75. The lowest BCUT2D eigenvalue weighted by atomic mass is 10.2. The molecular weight excluding hydrogens is 263 g/mol. The van der Waals surface area contributed by atoms with E-state index in [-0.39, 0.29) is 19.0 Å². The lowest BCUT2D eigenvalue weighted by Gasteiger charge is -2.35. The predicted octanol–water partition coefficient (Wildman–Crippen LogP) is 2.03. The van der Waals surface area contributed by atoms with Gasteiger partial charge in [-0.05, 0) is 0 Å². The first-order valence-corrected chi connectivity index (χ1v) is 5.40. The van der Waals surface area contributed by atoms with Gasteiger partial charge in [-0.15, -0.1) is 23.7 Å². The average molecular weight is 274 g/mol. The highest BCUT2D eigenvalue weighted by molar-refractivity contribution is 7.09. The topological polar surface area (TPSA) is 28.2 Å². The third-order valence-corrected chi connectivity index (χ3v) is 3.18. The molecule has 0 amide bonds. The summed E-state index contributed by atoms with van der Waals surface area (Å²) >= 11 is 1.26. The Morgan fingerprint density at radius 1 is 1.50 bits per heavy atom. The molecule has 8 heteroatoms. The Kier molecular flexibility index (Phi) is 4.54. The number of thiazole rings is 1. The maximum absolute atomic E-state index is 12.7. The number of alkyl halides is 3. The highest BCUT2D eigenvalue weighted by Crippen LogP contribution is 2.33. The van der Waals surface area contributed by atoms with E-state index in [9.17, 15) is 13.2 Å². The van der Waals surface area contributed by atoms with Crippen molar-refractivity contribution in [3.05, 3.63) is 16.6 Å². The number of piperazine rings is 1. The first kappa shape index (κ1) is 13.7. The second-order valence-corrected chi connectivity index (χ2v) is 4.18. The molecule has 92 valence electrons. The minimum Gasteiger partial charge on any atom is -0.313 e. The van der Waals surface area contributed by atoms with Crippen molar-refractivity contribution in [1.82, 2.24) is 15.2 Å². The van der Waals surface area contributed by atoms with Gasteiger partial charge in [0.25, 0.3) is 0 Å². The van der Waals surface area contributed by atoms with Crippen LogP contribution in [0.15, 0.2) is 11.6 Å². The highest BCUT2D eigenvalue weighted by Gasteiger charge is 2.44. The molecule has 1 unspecified atom stereocenters. The number of rotatable bonds is 1. The fourth-order valence-corrected chi connectivity index (χ4v) is 2.38. The van der Waals surface area contributed by atoms with Crippen LogP contribution in [-0.4, -0.2) is 35.8 Å². The first-order chi connectivity index (χ1) is 7.09. The highest BCUT2D eigenvalue weighted by atomic mass is 35.5. The second kappa shape index (κ2) is 5.31. The monoisotopic (exact) mass is 273 g/mol. The van der Waals surface area contributed by atoms with Crippen LogP contribution in [0.25, 0.3) is 0 Å². The van der Waals surface area contributed by atoms with Crippen LogP contribution >= 0.6 is 23.7 Å². The molecular formula is C8H11ClF3N3S. The molecule has 1 aromatic rings. The molecule has 1 aromatic heterocycles. The van der Waals surface area contributed by atoms with Gasteiger partial charge in [0.05, 0.1) is 6.04 Å². The predicted molar refractivity (Wildman–Crippen MR) is 57.7 cm³/mol. The number of halogens is 4. The van der Waals surface area contributed by atoms with Crippen molar-refractivity contribution in [2.45, 2.75) is 12.3 Å². The fraction of sp³-hybridized carbons (Fsp3) is 0.625. The van der Waals surface area contributed by atoms with E-state index in [1.165, 1.54) is 17.5 Å². The molecule has 0 spiro atoms. The van der Waals surface area contributed by atoms with Gasteiger partial charge in [-0.1, -0.05) is 0 Å². The summed E-state index contributed by atoms with van der Waals surface area (Å²) in [6, 6.07) is -0.682. The van der Waals surface area contributed by atoms with Crippen molar-refractivity contribution in [3.63, 3.8) is 0 Å². The van der Waals surface area contributed by atoms with Crippen LogP contribution < -0.4 is 5.32 Å². The van der Waals surface area contributed by atoms with Gasteiger partial charge < -0.3 is 5.32 Å². The molecule has 3 nitrogen and oxygen atoms in total. The molecule has 2 rings (SSSR count). The van der Waals surface area contributed by atoms with Crippen molar-refractivity contribution < 1.29 is 13.2 Å². The van der Waals surface area contributed by atoms with E-state index in [4.69, 9.17) is 0 Å². The first-order valence-electron chi connectivity index (χ1n) is 4.52. The Labute approximate surface area is 101 Å². The molecule has 2 heterocycles. The fourth-order valence-electron chi connectivity index (χ4n) is 1.63. The molecule has 0 radical (unpaired) electrons. The molecule has 0 bridgehead atoms.